The SMILES string of the molecule is C[C@H]1CCCN([C@@H](C)C(=O)Nc2cccnc2Cl)C1. The summed E-state index contributed by atoms with van der Waals surface area (Å²) < 4.78 is 0. The maximum absolute atomic E-state index is 12.2. The molecule has 1 amide bonds. The molecule has 2 heterocycles. The lowest BCUT2D eigenvalue weighted by Gasteiger charge is -2.34. The van der Waals surface area contributed by atoms with Crippen LogP contribution in [0.3, 0.4) is 0 Å². The molecule has 0 saturated carbocycles. The molecular formula is C14H20ClN3O. The minimum absolute atomic E-state index is 0.0241. The van der Waals surface area contributed by atoms with Crippen LogP contribution in [0.1, 0.15) is 26.7 Å². The lowest BCUT2D eigenvalue weighted by atomic mass is 9.99. The van der Waals surface area contributed by atoms with Gasteiger partial charge in [0, 0.05) is 12.7 Å². The van der Waals surface area contributed by atoms with Crippen LogP contribution in [-0.4, -0.2) is 34.9 Å². The highest BCUT2D eigenvalue weighted by atomic mass is 35.5. The van der Waals surface area contributed by atoms with Gasteiger partial charge in [0.25, 0.3) is 0 Å². The van der Waals surface area contributed by atoms with Crippen molar-refractivity contribution in [2.24, 2.45) is 5.92 Å². The molecule has 1 aliphatic rings. The van der Waals surface area contributed by atoms with Gasteiger partial charge in [-0.1, -0.05) is 18.5 Å². The summed E-state index contributed by atoms with van der Waals surface area (Å²) in [4.78, 5) is 18.4. The van der Waals surface area contributed by atoms with Crippen LogP contribution in [0.4, 0.5) is 5.69 Å². The van der Waals surface area contributed by atoms with Crippen LogP contribution >= 0.6 is 11.6 Å². The fraction of sp³-hybridized carbons (Fsp3) is 0.571. The second kappa shape index (κ2) is 6.35. The Kier molecular flexibility index (Phi) is 4.77. The van der Waals surface area contributed by atoms with Crippen molar-refractivity contribution in [3.05, 3.63) is 23.5 Å². The number of nitrogens with one attached hydrogen (secondary N) is 1. The zero-order valence-electron chi connectivity index (χ0n) is 11.4. The van der Waals surface area contributed by atoms with Crippen molar-refractivity contribution >= 4 is 23.2 Å². The van der Waals surface area contributed by atoms with E-state index in [1.807, 2.05) is 6.92 Å². The van der Waals surface area contributed by atoms with Crippen LogP contribution in [-0.2, 0) is 4.79 Å². The molecule has 0 unspecified atom stereocenters. The van der Waals surface area contributed by atoms with E-state index in [1.165, 1.54) is 6.42 Å². The number of anilines is 1. The zero-order valence-corrected chi connectivity index (χ0v) is 12.2. The number of aromatic nitrogens is 1. The van der Waals surface area contributed by atoms with E-state index in [2.05, 4.69) is 22.1 Å². The van der Waals surface area contributed by atoms with E-state index in [0.717, 1.165) is 19.5 Å². The molecule has 19 heavy (non-hydrogen) atoms. The van der Waals surface area contributed by atoms with Gasteiger partial charge in [-0.2, -0.15) is 0 Å². The van der Waals surface area contributed by atoms with Crippen LogP contribution in [0, 0.1) is 5.92 Å². The average molecular weight is 282 g/mol. The molecule has 2 atom stereocenters. The highest BCUT2D eigenvalue weighted by Crippen LogP contribution is 2.20. The van der Waals surface area contributed by atoms with Gasteiger partial charge in [0.2, 0.25) is 5.91 Å². The number of pyridine rings is 1. The van der Waals surface area contributed by atoms with Crippen molar-refractivity contribution in [1.29, 1.82) is 0 Å². The Balaban J connectivity index is 1.97. The number of halogens is 1. The Morgan fingerprint density at radius 1 is 1.63 bits per heavy atom. The van der Waals surface area contributed by atoms with Crippen LogP contribution in [0.2, 0.25) is 5.15 Å². The molecule has 0 radical (unpaired) electrons. The number of rotatable bonds is 3. The van der Waals surface area contributed by atoms with Crippen molar-refractivity contribution in [2.75, 3.05) is 18.4 Å². The Bertz CT molecular complexity index is 452. The summed E-state index contributed by atoms with van der Waals surface area (Å²) in [5, 5.41) is 3.18. The first-order chi connectivity index (χ1) is 9.08. The molecular weight excluding hydrogens is 262 g/mol. The third kappa shape index (κ3) is 3.67. The number of carbonyl (C=O) groups is 1. The third-order valence-electron chi connectivity index (χ3n) is 3.63. The van der Waals surface area contributed by atoms with Gasteiger partial charge in [-0.05, 0) is 44.4 Å². The summed E-state index contributed by atoms with van der Waals surface area (Å²) in [6.45, 7) is 6.14. The minimum Gasteiger partial charge on any atom is -0.322 e. The molecule has 1 saturated heterocycles. The molecule has 0 spiro atoms. The summed E-state index contributed by atoms with van der Waals surface area (Å²) in [7, 11) is 0. The maximum atomic E-state index is 12.2. The predicted octanol–water partition coefficient (Wildman–Crippen LogP) is 2.79. The van der Waals surface area contributed by atoms with Crippen molar-refractivity contribution < 1.29 is 4.79 Å². The largest absolute Gasteiger partial charge is 0.322 e. The maximum Gasteiger partial charge on any atom is 0.241 e. The highest BCUT2D eigenvalue weighted by Gasteiger charge is 2.25. The van der Waals surface area contributed by atoms with Crippen molar-refractivity contribution in [3.63, 3.8) is 0 Å². The fourth-order valence-electron chi connectivity index (χ4n) is 2.46. The fourth-order valence-corrected chi connectivity index (χ4v) is 2.63. The first-order valence-corrected chi connectivity index (χ1v) is 7.11. The van der Waals surface area contributed by atoms with Crippen LogP contribution in [0.25, 0.3) is 0 Å². The molecule has 0 aromatic carbocycles. The topological polar surface area (TPSA) is 45.2 Å². The molecule has 0 bridgehead atoms. The van der Waals surface area contributed by atoms with Crippen molar-refractivity contribution in [2.45, 2.75) is 32.7 Å². The standard InChI is InChI=1S/C14H20ClN3O/c1-10-5-4-8-18(9-10)11(2)14(19)17-12-6-3-7-16-13(12)15/h3,6-7,10-11H,4-5,8-9H2,1-2H3,(H,17,19)/t10-,11-/m0/s1. The van der Waals surface area contributed by atoms with Gasteiger partial charge in [-0.3, -0.25) is 9.69 Å². The molecule has 1 aliphatic heterocycles. The summed E-state index contributed by atoms with van der Waals surface area (Å²) in [5.74, 6) is 0.634. The summed E-state index contributed by atoms with van der Waals surface area (Å²) >= 11 is 5.94. The van der Waals surface area contributed by atoms with E-state index in [9.17, 15) is 4.79 Å². The predicted molar refractivity (Wildman–Crippen MR) is 77.3 cm³/mol. The van der Waals surface area contributed by atoms with E-state index in [-0.39, 0.29) is 11.9 Å². The number of carbonyl (C=O) groups excluding carboxylic acids is 1. The van der Waals surface area contributed by atoms with Gasteiger partial charge in [-0.15, -0.1) is 0 Å². The first-order valence-electron chi connectivity index (χ1n) is 6.73. The number of hydrogen-bond acceptors (Lipinski definition) is 3. The Morgan fingerprint density at radius 2 is 2.42 bits per heavy atom. The van der Waals surface area contributed by atoms with E-state index in [0.29, 0.717) is 16.8 Å². The molecule has 5 heteroatoms. The van der Waals surface area contributed by atoms with Crippen LogP contribution in [0.5, 0.6) is 0 Å². The smallest absolute Gasteiger partial charge is 0.241 e. The Hall–Kier alpha value is -1.13. The van der Waals surface area contributed by atoms with Gasteiger partial charge in [-0.25, -0.2) is 4.98 Å². The Labute approximate surface area is 119 Å². The third-order valence-corrected chi connectivity index (χ3v) is 3.93. The molecule has 0 aliphatic carbocycles. The molecule has 4 nitrogen and oxygen atoms in total. The molecule has 1 N–H and O–H groups in total. The van der Waals surface area contributed by atoms with E-state index in [4.69, 9.17) is 11.6 Å². The minimum atomic E-state index is -0.140. The molecule has 1 aromatic heterocycles. The second-order valence-corrected chi connectivity index (χ2v) is 5.61. The summed E-state index contributed by atoms with van der Waals surface area (Å²) in [5.41, 5.74) is 0.575. The van der Waals surface area contributed by atoms with Gasteiger partial charge in [0.15, 0.2) is 5.15 Å². The monoisotopic (exact) mass is 281 g/mol. The lowest BCUT2D eigenvalue weighted by molar-refractivity contribution is -0.121. The average Bonchev–Trinajstić information content (AvgIpc) is 2.40. The van der Waals surface area contributed by atoms with Gasteiger partial charge >= 0.3 is 0 Å². The van der Waals surface area contributed by atoms with E-state index >= 15 is 0 Å². The highest BCUT2D eigenvalue weighted by molar-refractivity contribution is 6.32. The number of amides is 1. The van der Waals surface area contributed by atoms with Crippen LogP contribution in [0.15, 0.2) is 18.3 Å². The van der Waals surface area contributed by atoms with Gasteiger partial charge < -0.3 is 5.32 Å². The van der Waals surface area contributed by atoms with Crippen molar-refractivity contribution in [3.8, 4) is 0 Å². The van der Waals surface area contributed by atoms with Gasteiger partial charge in [0.05, 0.1) is 11.7 Å². The van der Waals surface area contributed by atoms with E-state index < -0.39 is 0 Å². The number of piperidine rings is 1. The molecule has 2 rings (SSSR count). The molecule has 104 valence electrons. The Morgan fingerprint density at radius 3 is 3.11 bits per heavy atom. The zero-order chi connectivity index (χ0) is 13.8. The number of nitrogens with zero attached hydrogens (tertiary/aromatic N) is 2. The van der Waals surface area contributed by atoms with Crippen molar-refractivity contribution in [1.82, 2.24) is 9.88 Å². The van der Waals surface area contributed by atoms with Crippen LogP contribution < -0.4 is 5.32 Å². The number of likely N-dealkylation sites (tertiary alicyclic amines) is 1. The first kappa shape index (κ1) is 14.3. The lowest BCUT2D eigenvalue weighted by Crippen LogP contribution is -2.46. The summed E-state index contributed by atoms with van der Waals surface area (Å²) in [6.07, 6.45) is 4.01. The quantitative estimate of drug-likeness (QED) is 0.867. The molecule has 1 fully saturated rings. The summed E-state index contributed by atoms with van der Waals surface area (Å²) in [6, 6.07) is 3.38. The molecule has 1 aromatic rings. The van der Waals surface area contributed by atoms with E-state index in [1.54, 1.807) is 18.3 Å². The normalized spacial score (nSPS) is 21.9. The number of hydrogen-bond donors (Lipinski definition) is 1. The van der Waals surface area contributed by atoms with Gasteiger partial charge in [0.1, 0.15) is 0 Å². The second-order valence-electron chi connectivity index (χ2n) is 5.25.